The molecule has 0 aliphatic heterocycles. The molecule has 0 aliphatic rings. The van der Waals surface area contributed by atoms with Crippen LogP contribution in [0.5, 0.6) is 0 Å². The summed E-state index contributed by atoms with van der Waals surface area (Å²) in [5.41, 5.74) is -1.32. The molecule has 8 heteroatoms. The smallest absolute Gasteiger partial charge is 0.387 e. The van der Waals surface area contributed by atoms with Crippen LogP contribution in [0.25, 0.3) is 0 Å². The molecule has 0 bridgehead atoms. The van der Waals surface area contributed by atoms with Crippen LogP contribution in [0.3, 0.4) is 0 Å². The summed E-state index contributed by atoms with van der Waals surface area (Å²) < 4.78 is 40.1. The molecule has 150 valence electrons. The Hall–Kier alpha value is -1.67. The Morgan fingerprint density at radius 1 is 1.19 bits per heavy atom. The quantitative estimate of drug-likeness (QED) is 0.644. The van der Waals surface area contributed by atoms with Crippen molar-refractivity contribution in [1.82, 2.24) is 14.8 Å². The zero-order valence-corrected chi connectivity index (χ0v) is 16.8. The normalized spacial score (nSPS) is 16.1. The van der Waals surface area contributed by atoms with Crippen molar-refractivity contribution >= 4 is 12.2 Å². The van der Waals surface area contributed by atoms with E-state index in [1.54, 1.807) is 4.68 Å². The fraction of sp³-hybridized carbons (Fsp3) is 0.579. The predicted octanol–water partition coefficient (Wildman–Crippen LogP) is 5.32. The second-order valence-corrected chi connectivity index (χ2v) is 8.46. The maximum atomic E-state index is 12.7. The summed E-state index contributed by atoms with van der Waals surface area (Å²) in [5, 5.41) is 14.2. The number of rotatable bonds is 6. The summed E-state index contributed by atoms with van der Waals surface area (Å²) >= 11 is 5.15. The summed E-state index contributed by atoms with van der Waals surface area (Å²) in [6, 6.07) is 5.22. The van der Waals surface area contributed by atoms with E-state index in [4.69, 9.17) is 12.2 Å². The summed E-state index contributed by atoms with van der Waals surface area (Å²) in [4.78, 5) is 3.97. The van der Waals surface area contributed by atoms with Crippen molar-refractivity contribution in [1.29, 1.82) is 0 Å². The third-order valence-corrected chi connectivity index (χ3v) is 5.56. The lowest BCUT2D eigenvalue weighted by Crippen LogP contribution is -2.47. The van der Waals surface area contributed by atoms with Gasteiger partial charge in [-0.3, -0.25) is 9.78 Å². The van der Waals surface area contributed by atoms with Crippen molar-refractivity contribution in [3.8, 4) is 0 Å². The van der Waals surface area contributed by atoms with Gasteiger partial charge in [-0.1, -0.05) is 39.8 Å². The summed E-state index contributed by atoms with van der Waals surface area (Å²) in [5.74, 6) is 0.0101. The Balaban J connectivity index is 2.12. The van der Waals surface area contributed by atoms with Crippen LogP contribution < -0.4 is 0 Å². The predicted molar refractivity (Wildman–Crippen MR) is 101 cm³/mol. The molecule has 0 aliphatic carbocycles. The molecule has 4 nitrogen and oxygen atoms in total. The number of nitrogens with one attached hydrogen (secondary N) is 1. The Labute approximate surface area is 162 Å². The van der Waals surface area contributed by atoms with Gasteiger partial charge in [0.15, 0.2) is 0 Å². The lowest BCUT2D eigenvalue weighted by molar-refractivity contribution is -0.137. The van der Waals surface area contributed by atoms with Crippen molar-refractivity contribution in [2.24, 2.45) is 5.41 Å². The summed E-state index contributed by atoms with van der Waals surface area (Å²) in [6.45, 7) is 8.09. The first kappa shape index (κ1) is 21.6. The fourth-order valence-corrected chi connectivity index (χ4v) is 3.14. The maximum Gasteiger partial charge on any atom is 0.416 e. The number of benzene rings is 1. The number of hydrogen-bond acceptors (Lipinski definition) is 3. The van der Waals surface area contributed by atoms with Gasteiger partial charge in [-0.05, 0) is 54.1 Å². The second-order valence-electron chi connectivity index (χ2n) is 8.10. The van der Waals surface area contributed by atoms with Crippen LogP contribution in [-0.4, -0.2) is 25.5 Å². The number of aromatic amines is 1. The molecule has 1 heterocycles. The summed E-state index contributed by atoms with van der Waals surface area (Å²) in [7, 11) is 0. The summed E-state index contributed by atoms with van der Waals surface area (Å²) in [6.07, 6.45) is -1.76. The van der Waals surface area contributed by atoms with E-state index in [-0.39, 0.29) is 12.5 Å². The Bertz CT molecular complexity index is 805. The molecule has 0 radical (unpaired) electrons. The molecule has 27 heavy (non-hydrogen) atoms. The number of alkyl halides is 3. The third-order valence-electron chi connectivity index (χ3n) is 5.23. The molecule has 1 aromatic heterocycles. The molecule has 0 amide bonds. The standard InChI is InChI=1S/C19H26F3N3OS/c1-13(14-5-7-15(8-6-14)19(20,21)22)9-10-18(26,17(2,3)4)11-25-16(27)23-12-24-25/h5-8,12-13,26H,9-11H2,1-4H3,(H,23,24,27). The topological polar surface area (TPSA) is 53.8 Å². The van der Waals surface area contributed by atoms with Crippen molar-refractivity contribution in [3.63, 3.8) is 0 Å². The number of H-pyrrole nitrogens is 1. The van der Waals surface area contributed by atoms with E-state index in [1.807, 2.05) is 27.7 Å². The van der Waals surface area contributed by atoms with E-state index in [0.717, 1.165) is 17.7 Å². The number of aromatic nitrogens is 3. The molecule has 2 atom stereocenters. The van der Waals surface area contributed by atoms with Gasteiger partial charge in [0.25, 0.3) is 0 Å². The number of halogens is 3. The molecule has 1 aromatic carbocycles. The van der Waals surface area contributed by atoms with Crippen molar-refractivity contribution in [2.45, 2.75) is 64.8 Å². The van der Waals surface area contributed by atoms with Crippen LogP contribution in [0.2, 0.25) is 0 Å². The average molecular weight is 401 g/mol. The minimum absolute atomic E-state index is 0.0101. The van der Waals surface area contributed by atoms with E-state index >= 15 is 0 Å². The van der Waals surface area contributed by atoms with Crippen LogP contribution in [0, 0.1) is 10.2 Å². The Morgan fingerprint density at radius 2 is 1.78 bits per heavy atom. The molecule has 0 saturated carbocycles. The zero-order chi connectivity index (χ0) is 20.5. The van der Waals surface area contributed by atoms with Crippen molar-refractivity contribution < 1.29 is 18.3 Å². The largest absolute Gasteiger partial charge is 0.416 e. The lowest BCUT2D eigenvalue weighted by atomic mass is 9.72. The average Bonchev–Trinajstić information content (AvgIpc) is 2.95. The Morgan fingerprint density at radius 3 is 2.22 bits per heavy atom. The minimum Gasteiger partial charge on any atom is -0.387 e. The van der Waals surface area contributed by atoms with E-state index in [2.05, 4.69) is 10.1 Å². The highest BCUT2D eigenvalue weighted by Gasteiger charge is 2.40. The van der Waals surface area contributed by atoms with E-state index in [1.165, 1.54) is 18.5 Å². The molecule has 2 N–H and O–H groups in total. The van der Waals surface area contributed by atoms with Crippen LogP contribution in [0.4, 0.5) is 13.2 Å². The Kier molecular flexibility index (Phi) is 6.21. The fourth-order valence-electron chi connectivity index (χ4n) is 2.97. The van der Waals surface area contributed by atoms with Gasteiger partial charge in [0.1, 0.15) is 6.33 Å². The molecule has 2 aromatic rings. The van der Waals surface area contributed by atoms with Crippen LogP contribution in [-0.2, 0) is 12.7 Å². The van der Waals surface area contributed by atoms with Gasteiger partial charge < -0.3 is 5.11 Å². The van der Waals surface area contributed by atoms with E-state index in [9.17, 15) is 18.3 Å². The molecule has 0 saturated heterocycles. The van der Waals surface area contributed by atoms with Crippen molar-refractivity contribution in [3.05, 3.63) is 46.5 Å². The van der Waals surface area contributed by atoms with Gasteiger partial charge in [0.05, 0.1) is 17.7 Å². The highest BCUT2D eigenvalue weighted by Crippen LogP contribution is 2.38. The van der Waals surface area contributed by atoms with E-state index in [0.29, 0.717) is 17.6 Å². The highest BCUT2D eigenvalue weighted by molar-refractivity contribution is 7.71. The van der Waals surface area contributed by atoms with Crippen LogP contribution >= 0.6 is 12.2 Å². The van der Waals surface area contributed by atoms with E-state index < -0.39 is 22.8 Å². The number of aliphatic hydroxyl groups is 1. The molecule has 0 spiro atoms. The zero-order valence-electron chi connectivity index (χ0n) is 16.0. The van der Waals surface area contributed by atoms with Gasteiger partial charge in [-0.15, -0.1) is 0 Å². The highest BCUT2D eigenvalue weighted by atomic mass is 32.1. The van der Waals surface area contributed by atoms with Crippen LogP contribution in [0.1, 0.15) is 57.6 Å². The third kappa shape index (κ3) is 5.19. The monoisotopic (exact) mass is 401 g/mol. The lowest BCUT2D eigenvalue weighted by Gasteiger charge is -2.41. The van der Waals surface area contributed by atoms with Gasteiger partial charge in [-0.2, -0.15) is 13.2 Å². The van der Waals surface area contributed by atoms with Crippen LogP contribution in [0.15, 0.2) is 30.6 Å². The number of hydrogen-bond donors (Lipinski definition) is 2. The second kappa shape index (κ2) is 7.75. The number of nitrogens with zero attached hydrogens (tertiary/aromatic N) is 2. The first-order chi connectivity index (χ1) is 12.3. The first-order valence-electron chi connectivity index (χ1n) is 8.83. The van der Waals surface area contributed by atoms with Gasteiger partial charge in [-0.25, -0.2) is 4.98 Å². The maximum absolute atomic E-state index is 12.7. The van der Waals surface area contributed by atoms with Gasteiger partial charge >= 0.3 is 6.18 Å². The minimum atomic E-state index is -4.34. The molecule has 2 unspecified atom stereocenters. The first-order valence-corrected chi connectivity index (χ1v) is 9.24. The molecule has 2 rings (SSSR count). The SMILES string of the molecule is CC(CCC(O)(Cn1[nH]cnc1=S)C(C)(C)C)c1ccc(C(F)(F)F)cc1. The molecular weight excluding hydrogens is 375 g/mol. The van der Waals surface area contributed by atoms with Crippen molar-refractivity contribution in [2.75, 3.05) is 0 Å². The molecule has 0 fully saturated rings. The van der Waals surface area contributed by atoms with Gasteiger partial charge in [0, 0.05) is 0 Å². The molecular formula is C19H26F3N3OS. The van der Waals surface area contributed by atoms with Gasteiger partial charge in [0.2, 0.25) is 4.77 Å².